The number of ether oxygens (including phenoxy) is 2. The zero-order valence-corrected chi connectivity index (χ0v) is 13.5. The molecule has 1 aliphatic rings. The first-order valence-corrected chi connectivity index (χ1v) is 7.71. The zero-order valence-electron chi connectivity index (χ0n) is 13.5. The van der Waals surface area contributed by atoms with Gasteiger partial charge in [0.25, 0.3) is 0 Å². The average molecular weight is 315 g/mol. The summed E-state index contributed by atoms with van der Waals surface area (Å²) in [6, 6.07) is 5.77. The predicted molar refractivity (Wildman–Crippen MR) is 85.6 cm³/mol. The van der Waals surface area contributed by atoms with Crippen molar-refractivity contribution in [3.8, 4) is 11.5 Å². The summed E-state index contributed by atoms with van der Waals surface area (Å²) >= 11 is 0. The second-order valence-electron chi connectivity index (χ2n) is 5.58. The first kappa shape index (κ1) is 15.4. The quantitative estimate of drug-likeness (QED) is 0.915. The molecule has 1 amide bonds. The number of aryl methyl sites for hydroxylation is 1. The Bertz CT molecular complexity index is 696. The van der Waals surface area contributed by atoms with Crippen LogP contribution in [0.2, 0.25) is 0 Å². The fraction of sp³-hybridized carbons (Fsp3) is 0.412. The lowest BCUT2D eigenvalue weighted by Gasteiger charge is -2.26. The number of methoxy groups -OCH3 is 2. The molecule has 3 rings (SSSR count). The van der Waals surface area contributed by atoms with Crippen LogP contribution in [-0.2, 0) is 24.2 Å². The van der Waals surface area contributed by atoms with E-state index in [0.29, 0.717) is 30.9 Å². The molecule has 0 atom stereocenters. The summed E-state index contributed by atoms with van der Waals surface area (Å²) in [5, 5.41) is 0. The van der Waals surface area contributed by atoms with E-state index in [9.17, 15) is 4.79 Å². The normalized spacial score (nSPS) is 13.6. The van der Waals surface area contributed by atoms with Gasteiger partial charge >= 0.3 is 0 Å². The summed E-state index contributed by atoms with van der Waals surface area (Å²) in [5.74, 6) is 1.56. The molecule has 6 heteroatoms. The Morgan fingerprint density at radius 2 is 2.13 bits per heavy atom. The average Bonchev–Trinajstić information content (AvgIpc) is 3.06. The molecule has 0 aliphatic carbocycles. The number of hydrogen-bond acceptors (Lipinski definition) is 4. The van der Waals surface area contributed by atoms with Gasteiger partial charge in [-0.3, -0.25) is 4.79 Å². The highest BCUT2D eigenvalue weighted by atomic mass is 16.5. The number of hydrogen-bond donors (Lipinski definition) is 1. The molecule has 0 radical (unpaired) electrons. The van der Waals surface area contributed by atoms with Gasteiger partial charge in [0.1, 0.15) is 0 Å². The van der Waals surface area contributed by atoms with E-state index in [1.165, 1.54) is 0 Å². The zero-order chi connectivity index (χ0) is 16.2. The van der Waals surface area contributed by atoms with Gasteiger partial charge in [0, 0.05) is 19.4 Å². The first-order valence-electron chi connectivity index (χ1n) is 7.71. The van der Waals surface area contributed by atoms with Crippen molar-refractivity contribution in [3.63, 3.8) is 0 Å². The predicted octanol–water partition coefficient (Wildman–Crippen LogP) is 1.94. The summed E-state index contributed by atoms with van der Waals surface area (Å²) in [5.41, 5.74) is 3.19. The Morgan fingerprint density at radius 1 is 1.30 bits per heavy atom. The second-order valence-corrected chi connectivity index (χ2v) is 5.58. The van der Waals surface area contributed by atoms with Gasteiger partial charge < -0.3 is 19.4 Å². The summed E-state index contributed by atoms with van der Waals surface area (Å²) in [7, 11) is 3.23. The highest BCUT2D eigenvalue weighted by Gasteiger charge is 2.22. The Kier molecular flexibility index (Phi) is 4.50. The van der Waals surface area contributed by atoms with E-state index in [1.807, 2.05) is 23.1 Å². The molecule has 2 heterocycles. The maximum absolute atomic E-state index is 12.4. The number of fused-ring (bicyclic) bond motifs is 1. The van der Waals surface area contributed by atoms with E-state index in [-0.39, 0.29) is 5.91 Å². The Hall–Kier alpha value is -2.50. The van der Waals surface area contributed by atoms with E-state index in [4.69, 9.17) is 9.47 Å². The standard InChI is InChI=1S/C17H21N3O3/c1-22-15-5-3-12(9-16(15)23-2)4-6-17(21)20-8-7-13-14(10-20)19-11-18-13/h3,5,9,11H,4,6-8,10H2,1-2H3,(H,18,19). The fourth-order valence-electron chi connectivity index (χ4n) is 2.87. The van der Waals surface area contributed by atoms with Gasteiger partial charge in [-0.2, -0.15) is 0 Å². The van der Waals surface area contributed by atoms with Crippen LogP contribution in [0.15, 0.2) is 24.5 Å². The maximum Gasteiger partial charge on any atom is 0.223 e. The smallest absolute Gasteiger partial charge is 0.223 e. The van der Waals surface area contributed by atoms with Crippen molar-refractivity contribution < 1.29 is 14.3 Å². The van der Waals surface area contributed by atoms with E-state index >= 15 is 0 Å². The van der Waals surface area contributed by atoms with Crippen molar-refractivity contribution >= 4 is 5.91 Å². The number of imidazole rings is 1. The van der Waals surface area contributed by atoms with Crippen LogP contribution >= 0.6 is 0 Å². The van der Waals surface area contributed by atoms with Gasteiger partial charge in [0.15, 0.2) is 11.5 Å². The van der Waals surface area contributed by atoms with E-state index in [1.54, 1.807) is 20.5 Å². The van der Waals surface area contributed by atoms with Crippen LogP contribution in [0, 0.1) is 0 Å². The van der Waals surface area contributed by atoms with Gasteiger partial charge in [-0.25, -0.2) is 4.98 Å². The molecule has 2 aromatic rings. The van der Waals surface area contributed by atoms with Gasteiger partial charge in [-0.05, 0) is 24.1 Å². The number of rotatable bonds is 5. The second kappa shape index (κ2) is 6.73. The fourth-order valence-corrected chi connectivity index (χ4v) is 2.87. The number of aromatic amines is 1. The molecule has 1 aliphatic heterocycles. The van der Waals surface area contributed by atoms with E-state index < -0.39 is 0 Å². The number of nitrogens with one attached hydrogen (secondary N) is 1. The molecule has 0 saturated carbocycles. The van der Waals surface area contributed by atoms with Crippen LogP contribution in [0.5, 0.6) is 11.5 Å². The lowest BCUT2D eigenvalue weighted by Crippen LogP contribution is -2.36. The third kappa shape index (κ3) is 3.31. The molecule has 6 nitrogen and oxygen atoms in total. The summed E-state index contributed by atoms with van der Waals surface area (Å²) in [4.78, 5) is 21.7. The Balaban J connectivity index is 1.59. The number of carbonyl (C=O) groups excluding carboxylic acids is 1. The Labute approximate surface area is 135 Å². The van der Waals surface area contributed by atoms with Gasteiger partial charge in [-0.1, -0.05) is 6.07 Å². The lowest BCUT2D eigenvalue weighted by molar-refractivity contribution is -0.132. The first-order chi connectivity index (χ1) is 11.2. The highest BCUT2D eigenvalue weighted by Crippen LogP contribution is 2.28. The minimum Gasteiger partial charge on any atom is -0.493 e. The van der Waals surface area contributed by atoms with E-state index in [2.05, 4.69) is 9.97 Å². The third-order valence-corrected chi connectivity index (χ3v) is 4.20. The number of nitrogens with zero attached hydrogens (tertiary/aromatic N) is 2. The molecule has 122 valence electrons. The molecule has 0 bridgehead atoms. The summed E-state index contributed by atoms with van der Waals surface area (Å²) < 4.78 is 10.5. The van der Waals surface area contributed by atoms with Crippen molar-refractivity contribution in [1.82, 2.24) is 14.9 Å². The molecule has 1 aromatic heterocycles. The number of benzene rings is 1. The number of carbonyl (C=O) groups is 1. The van der Waals surface area contributed by atoms with Crippen LogP contribution < -0.4 is 9.47 Å². The maximum atomic E-state index is 12.4. The van der Waals surface area contributed by atoms with Crippen molar-refractivity contribution in [2.75, 3.05) is 20.8 Å². The van der Waals surface area contributed by atoms with Crippen molar-refractivity contribution in [3.05, 3.63) is 41.5 Å². The molecule has 1 N–H and O–H groups in total. The molecule has 0 unspecified atom stereocenters. The molecule has 0 saturated heterocycles. The van der Waals surface area contributed by atoms with Crippen LogP contribution in [0.1, 0.15) is 23.4 Å². The summed E-state index contributed by atoms with van der Waals surface area (Å²) in [6.07, 6.45) is 3.69. The molecule has 0 spiro atoms. The number of amides is 1. The molecular formula is C17H21N3O3. The SMILES string of the molecule is COc1ccc(CCC(=O)N2CCc3nc[nH]c3C2)cc1OC. The number of aromatic nitrogens is 2. The van der Waals surface area contributed by atoms with Crippen LogP contribution in [0.4, 0.5) is 0 Å². The minimum atomic E-state index is 0.167. The lowest BCUT2D eigenvalue weighted by atomic mass is 10.1. The van der Waals surface area contributed by atoms with Gasteiger partial charge in [0.2, 0.25) is 5.91 Å². The monoisotopic (exact) mass is 315 g/mol. The van der Waals surface area contributed by atoms with Gasteiger partial charge in [0.05, 0.1) is 38.5 Å². The summed E-state index contributed by atoms with van der Waals surface area (Å²) in [6.45, 7) is 1.36. The van der Waals surface area contributed by atoms with Gasteiger partial charge in [-0.15, -0.1) is 0 Å². The largest absolute Gasteiger partial charge is 0.493 e. The molecule has 0 fully saturated rings. The topological polar surface area (TPSA) is 67.5 Å². The molecular weight excluding hydrogens is 294 g/mol. The molecule has 1 aromatic carbocycles. The van der Waals surface area contributed by atoms with Crippen molar-refractivity contribution in [2.24, 2.45) is 0 Å². The van der Waals surface area contributed by atoms with Crippen molar-refractivity contribution in [1.29, 1.82) is 0 Å². The van der Waals surface area contributed by atoms with Crippen molar-refractivity contribution in [2.45, 2.75) is 25.8 Å². The minimum absolute atomic E-state index is 0.167. The van der Waals surface area contributed by atoms with E-state index in [0.717, 1.165) is 29.9 Å². The third-order valence-electron chi connectivity index (χ3n) is 4.20. The Morgan fingerprint density at radius 3 is 2.91 bits per heavy atom. The molecule has 23 heavy (non-hydrogen) atoms. The number of H-pyrrole nitrogens is 1. The van der Waals surface area contributed by atoms with Crippen LogP contribution in [-0.4, -0.2) is 41.5 Å². The van der Waals surface area contributed by atoms with Crippen LogP contribution in [0.3, 0.4) is 0 Å². The highest BCUT2D eigenvalue weighted by molar-refractivity contribution is 5.76. The van der Waals surface area contributed by atoms with Crippen LogP contribution in [0.25, 0.3) is 0 Å².